The molecule has 9 aromatic carbocycles. The van der Waals surface area contributed by atoms with Gasteiger partial charge in [-0.3, -0.25) is 9.13 Å². The van der Waals surface area contributed by atoms with Crippen molar-refractivity contribution in [3.8, 4) is 67.8 Å². The summed E-state index contributed by atoms with van der Waals surface area (Å²) in [6, 6.07) is 79.3. The van der Waals surface area contributed by atoms with Gasteiger partial charge in [0, 0.05) is 27.1 Å². The van der Waals surface area contributed by atoms with E-state index < -0.39 is 0 Å². The zero-order chi connectivity index (χ0) is 41.0. The van der Waals surface area contributed by atoms with Crippen molar-refractivity contribution in [3.05, 3.63) is 224 Å². The molecule has 5 heteroatoms. The average Bonchev–Trinajstić information content (AvgIpc) is 3.87. The summed E-state index contributed by atoms with van der Waals surface area (Å²) >= 11 is 0. The van der Waals surface area contributed by atoms with E-state index >= 15 is 0 Å². The molecule has 0 aliphatic heterocycles. The Balaban J connectivity index is 1.14. The first-order chi connectivity index (χ1) is 30.7. The van der Waals surface area contributed by atoms with Crippen molar-refractivity contribution in [2.75, 3.05) is 0 Å². The van der Waals surface area contributed by atoms with E-state index in [9.17, 15) is 0 Å². The zero-order valence-corrected chi connectivity index (χ0v) is 33.6. The molecule has 3 aromatic heterocycles. The van der Waals surface area contributed by atoms with E-state index in [-0.39, 0.29) is 0 Å². The van der Waals surface area contributed by atoms with Gasteiger partial charge in [0.25, 0.3) is 0 Å². The number of hydrogen-bond donors (Lipinski definition) is 0. The maximum Gasteiger partial charge on any atom is 0.240 e. The predicted octanol–water partition coefficient (Wildman–Crippen LogP) is 14.4. The van der Waals surface area contributed by atoms with Gasteiger partial charge in [-0.05, 0) is 80.9 Å². The summed E-state index contributed by atoms with van der Waals surface area (Å²) in [7, 11) is 0. The van der Waals surface area contributed by atoms with E-state index in [4.69, 9.17) is 15.0 Å². The van der Waals surface area contributed by atoms with Crippen LogP contribution in [0, 0.1) is 0 Å². The topological polar surface area (TPSA) is 48.5 Å². The van der Waals surface area contributed by atoms with Gasteiger partial charge in [0.15, 0.2) is 5.82 Å². The minimum absolute atomic E-state index is 0.541. The third-order valence-corrected chi connectivity index (χ3v) is 12.0. The van der Waals surface area contributed by atoms with Gasteiger partial charge < -0.3 is 0 Å². The van der Waals surface area contributed by atoms with E-state index in [1.807, 2.05) is 0 Å². The van der Waals surface area contributed by atoms with Crippen LogP contribution in [0.5, 0.6) is 0 Å². The van der Waals surface area contributed by atoms with Crippen molar-refractivity contribution >= 4 is 43.6 Å². The van der Waals surface area contributed by atoms with Crippen molar-refractivity contribution in [1.29, 1.82) is 0 Å². The number of nitrogens with zero attached hydrogens (tertiary/aromatic N) is 5. The van der Waals surface area contributed by atoms with E-state index in [0.717, 1.165) is 82.6 Å². The molecule has 0 saturated carbocycles. The standard InChI is InChI=1S/C57H37N5/c1-4-16-38(17-5-1)41-22-14-23-42(34-41)43-24-15-25-46(35-43)55-58-56(61-51-28-12-10-26-47(51)48-27-11-13-29-52(48)61)60-57(59-55)62-53-36-44(39-18-6-2-7-19-39)30-32-49(53)50-33-31-45(37-54(50)62)40-20-8-3-9-21-40/h1-37H. The number of benzene rings is 9. The van der Waals surface area contributed by atoms with Gasteiger partial charge >= 0.3 is 0 Å². The van der Waals surface area contributed by atoms with E-state index in [2.05, 4.69) is 234 Å². The first kappa shape index (κ1) is 35.5. The first-order valence-electron chi connectivity index (χ1n) is 20.9. The summed E-state index contributed by atoms with van der Waals surface area (Å²) in [6.07, 6.45) is 0. The number of aromatic nitrogens is 5. The predicted molar refractivity (Wildman–Crippen MR) is 256 cm³/mol. The van der Waals surface area contributed by atoms with Crippen LogP contribution in [-0.4, -0.2) is 24.1 Å². The Morgan fingerprint density at radius 1 is 0.226 bits per heavy atom. The zero-order valence-electron chi connectivity index (χ0n) is 33.6. The van der Waals surface area contributed by atoms with Crippen LogP contribution in [0.3, 0.4) is 0 Å². The molecule has 0 radical (unpaired) electrons. The van der Waals surface area contributed by atoms with Crippen LogP contribution in [0.4, 0.5) is 0 Å². The molecular weight excluding hydrogens is 755 g/mol. The molecule has 5 nitrogen and oxygen atoms in total. The summed E-state index contributed by atoms with van der Waals surface area (Å²) < 4.78 is 4.42. The summed E-state index contributed by atoms with van der Waals surface area (Å²) in [5.74, 6) is 1.67. The van der Waals surface area contributed by atoms with Crippen molar-refractivity contribution in [2.24, 2.45) is 0 Å². The summed E-state index contributed by atoms with van der Waals surface area (Å²) in [5.41, 5.74) is 14.1. The number of para-hydroxylation sites is 2. The monoisotopic (exact) mass is 791 g/mol. The molecule has 0 unspecified atom stereocenters. The second kappa shape index (κ2) is 14.7. The lowest BCUT2D eigenvalue weighted by Crippen LogP contribution is -2.10. The van der Waals surface area contributed by atoms with Gasteiger partial charge in [-0.1, -0.05) is 188 Å². The third-order valence-electron chi connectivity index (χ3n) is 12.0. The summed E-state index contributed by atoms with van der Waals surface area (Å²) in [5, 5.41) is 4.53. The lowest BCUT2D eigenvalue weighted by Gasteiger charge is -2.14. The van der Waals surface area contributed by atoms with Gasteiger partial charge in [0.05, 0.1) is 22.1 Å². The normalized spacial score (nSPS) is 11.5. The highest BCUT2D eigenvalue weighted by Gasteiger charge is 2.22. The molecule has 12 rings (SSSR count). The Morgan fingerprint density at radius 3 is 1.05 bits per heavy atom. The van der Waals surface area contributed by atoms with Gasteiger partial charge in [-0.15, -0.1) is 0 Å². The molecule has 0 amide bonds. The summed E-state index contributed by atoms with van der Waals surface area (Å²) in [6.45, 7) is 0. The maximum atomic E-state index is 5.48. The minimum Gasteiger partial charge on any atom is -0.278 e. The van der Waals surface area contributed by atoms with E-state index in [1.165, 1.54) is 11.1 Å². The number of hydrogen-bond acceptors (Lipinski definition) is 3. The molecule has 0 atom stereocenters. The van der Waals surface area contributed by atoms with Gasteiger partial charge in [-0.25, -0.2) is 0 Å². The molecule has 0 fully saturated rings. The molecule has 62 heavy (non-hydrogen) atoms. The Kier molecular flexibility index (Phi) is 8.42. The fourth-order valence-corrected chi connectivity index (χ4v) is 9.02. The molecule has 290 valence electrons. The Morgan fingerprint density at radius 2 is 0.565 bits per heavy atom. The van der Waals surface area contributed by atoms with Crippen LogP contribution in [0.1, 0.15) is 0 Å². The highest BCUT2D eigenvalue weighted by molar-refractivity contribution is 6.11. The molecular formula is C57H37N5. The highest BCUT2D eigenvalue weighted by atomic mass is 15.3. The van der Waals surface area contributed by atoms with Gasteiger partial charge in [-0.2, -0.15) is 15.0 Å². The molecule has 0 aliphatic carbocycles. The molecule has 0 saturated heterocycles. The lowest BCUT2D eigenvalue weighted by atomic mass is 9.98. The highest BCUT2D eigenvalue weighted by Crippen LogP contribution is 2.38. The number of fused-ring (bicyclic) bond motifs is 6. The van der Waals surface area contributed by atoms with Crippen molar-refractivity contribution in [1.82, 2.24) is 24.1 Å². The molecule has 0 aliphatic rings. The lowest BCUT2D eigenvalue weighted by molar-refractivity contribution is 0.893. The minimum atomic E-state index is 0.541. The smallest absolute Gasteiger partial charge is 0.240 e. The van der Waals surface area contributed by atoms with E-state index in [0.29, 0.717) is 17.7 Å². The van der Waals surface area contributed by atoms with Crippen LogP contribution >= 0.6 is 0 Å². The van der Waals surface area contributed by atoms with Crippen LogP contribution in [0.15, 0.2) is 224 Å². The largest absolute Gasteiger partial charge is 0.278 e. The van der Waals surface area contributed by atoms with Gasteiger partial charge in [0.2, 0.25) is 11.9 Å². The van der Waals surface area contributed by atoms with Crippen molar-refractivity contribution in [3.63, 3.8) is 0 Å². The summed E-state index contributed by atoms with van der Waals surface area (Å²) in [4.78, 5) is 16.3. The maximum absolute atomic E-state index is 5.48. The molecule has 0 bridgehead atoms. The Bertz CT molecular complexity index is 3470. The van der Waals surface area contributed by atoms with Crippen molar-refractivity contribution < 1.29 is 0 Å². The quantitative estimate of drug-likeness (QED) is 0.162. The molecule has 0 spiro atoms. The Labute approximate surface area is 358 Å². The first-order valence-corrected chi connectivity index (χ1v) is 20.9. The molecule has 12 aromatic rings. The SMILES string of the molecule is c1ccc(-c2cccc(-c3cccc(-c4nc(-n5c6ccccc6c6ccccc65)nc(-n5c6cc(-c7ccccc7)ccc6c6ccc(-c7ccccc7)cc65)n4)c3)c2)cc1. The van der Waals surface area contributed by atoms with Gasteiger partial charge in [0.1, 0.15) is 0 Å². The average molecular weight is 792 g/mol. The van der Waals surface area contributed by atoms with Crippen LogP contribution < -0.4 is 0 Å². The fourth-order valence-electron chi connectivity index (χ4n) is 9.02. The van der Waals surface area contributed by atoms with Crippen LogP contribution in [0.2, 0.25) is 0 Å². The second-order valence-corrected chi connectivity index (χ2v) is 15.7. The van der Waals surface area contributed by atoms with Crippen LogP contribution in [0.25, 0.3) is 111 Å². The fraction of sp³-hybridized carbons (Fsp3) is 0. The molecule has 0 N–H and O–H groups in total. The number of rotatable bonds is 7. The molecule has 3 heterocycles. The van der Waals surface area contributed by atoms with Crippen LogP contribution in [-0.2, 0) is 0 Å². The van der Waals surface area contributed by atoms with Crippen molar-refractivity contribution in [2.45, 2.75) is 0 Å². The second-order valence-electron chi connectivity index (χ2n) is 15.7. The van der Waals surface area contributed by atoms with E-state index in [1.54, 1.807) is 0 Å². The third kappa shape index (κ3) is 6.06. The Hall–Kier alpha value is -8.41.